The second-order valence-electron chi connectivity index (χ2n) is 7.07. The van der Waals surface area contributed by atoms with Gasteiger partial charge in [0.15, 0.2) is 5.69 Å². The maximum absolute atomic E-state index is 12.9. The van der Waals surface area contributed by atoms with E-state index in [0.717, 1.165) is 23.1 Å². The molecule has 1 heterocycles. The molecule has 0 radical (unpaired) electrons. The van der Waals surface area contributed by atoms with Crippen LogP contribution in [0.25, 0.3) is 10.8 Å². The summed E-state index contributed by atoms with van der Waals surface area (Å²) in [5, 5.41) is 10.8. The molecule has 2 N–H and O–H groups in total. The van der Waals surface area contributed by atoms with Gasteiger partial charge in [-0.3, -0.25) is 14.4 Å². The van der Waals surface area contributed by atoms with Crippen LogP contribution in [0, 0.1) is 12.8 Å². The van der Waals surface area contributed by atoms with Gasteiger partial charge in [0.25, 0.3) is 11.5 Å². The summed E-state index contributed by atoms with van der Waals surface area (Å²) in [7, 11) is 1.52. The predicted octanol–water partition coefficient (Wildman–Crippen LogP) is 2.84. The van der Waals surface area contributed by atoms with Crippen LogP contribution >= 0.6 is 0 Å². The molecule has 0 spiro atoms. The number of carbonyl (C=O) groups is 2. The van der Waals surface area contributed by atoms with Gasteiger partial charge in [0, 0.05) is 29.7 Å². The minimum absolute atomic E-state index is 0.00634. The van der Waals surface area contributed by atoms with Crippen molar-refractivity contribution in [3.63, 3.8) is 0 Å². The zero-order chi connectivity index (χ0) is 19.8. The van der Waals surface area contributed by atoms with Crippen LogP contribution < -0.4 is 16.2 Å². The molecule has 0 unspecified atom stereocenters. The number of carbonyl (C=O) groups excluding carboxylic acids is 2. The van der Waals surface area contributed by atoms with Crippen molar-refractivity contribution in [2.24, 2.45) is 13.0 Å². The first-order chi connectivity index (χ1) is 13.4. The van der Waals surface area contributed by atoms with E-state index < -0.39 is 5.91 Å². The smallest absolute Gasteiger partial charge is 0.276 e. The molecule has 0 atom stereocenters. The fraction of sp³-hybridized carbons (Fsp3) is 0.238. The first-order valence-electron chi connectivity index (χ1n) is 9.13. The van der Waals surface area contributed by atoms with Gasteiger partial charge in [0.05, 0.1) is 5.39 Å². The second kappa shape index (κ2) is 6.92. The summed E-state index contributed by atoms with van der Waals surface area (Å²) in [4.78, 5) is 37.2. The Morgan fingerprint density at radius 1 is 1.07 bits per heavy atom. The number of hydrogen-bond acceptors (Lipinski definition) is 4. The Balaban J connectivity index is 1.65. The fourth-order valence-corrected chi connectivity index (χ4v) is 3.07. The van der Waals surface area contributed by atoms with Crippen LogP contribution in [0.5, 0.6) is 0 Å². The Bertz CT molecular complexity index is 1160. The minimum atomic E-state index is -0.416. The van der Waals surface area contributed by atoms with E-state index in [2.05, 4.69) is 15.7 Å². The van der Waals surface area contributed by atoms with Crippen LogP contribution in [0.4, 0.5) is 11.4 Å². The third-order valence-corrected chi connectivity index (χ3v) is 4.87. The number of aromatic nitrogens is 2. The third kappa shape index (κ3) is 3.38. The average molecular weight is 376 g/mol. The maximum Gasteiger partial charge on any atom is 0.276 e. The van der Waals surface area contributed by atoms with Crippen molar-refractivity contribution in [1.82, 2.24) is 9.78 Å². The fourth-order valence-electron chi connectivity index (χ4n) is 3.07. The molecule has 1 fully saturated rings. The van der Waals surface area contributed by atoms with E-state index in [0.29, 0.717) is 22.1 Å². The molecular formula is C21H20N4O3. The van der Waals surface area contributed by atoms with Crippen LogP contribution in [-0.2, 0) is 11.8 Å². The summed E-state index contributed by atoms with van der Waals surface area (Å²) in [6.07, 6.45) is 1.85. The topological polar surface area (TPSA) is 93.1 Å². The lowest BCUT2D eigenvalue weighted by Crippen LogP contribution is -2.25. The summed E-state index contributed by atoms with van der Waals surface area (Å²) >= 11 is 0. The number of fused-ring (bicyclic) bond motifs is 1. The van der Waals surface area contributed by atoms with Crippen molar-refractivity contribution in [3.05, 3.63) is 64.1 Å². The quantitative estimate of drug-likeness (QED) is 0.732. The summed E-state index contributed by atoms with van der Waals surface area (Å²) in [5.41, 5.74) is 1.99. The molecule has 0 saturated heterocycles. The van der Waals surface area contributed by atoms with Crippen molar-refractivity contribution in [2.45, 2.75) is 19.8 Å². The van der Waals surface area contributed by atoms with Crippen molar-refractivity contribution in [1.29, 1.82) is 0 Å². The molecule has 1 aliphatic rings. The molecular weight excluding hydrogens is 356 g/mol. The predicted molar refractivity (Wildman–Crippen MR) is 107 cm³/mol. The minimum Gasteiger partial charge on any atom is -0.326 e. The van der Waals surface area contributed by atoms with Crippen LogP contribution in [0.15, 0.2) is 47.3 Å². The first kappa shape index (κ1) is 17.9. The Morgan fingerprint density at radius 3 is 2.50 bits per heavy atom. The molecule has 2 amide bonds. The van der Waals surface area contributed by atoms with E-state index in [-0.39, 0.29) is 23.1 Å². The van der Waals surface area contributed by atoms with Gasteiger partial charge in [-0.15, -0.1) is 0 Å². The van der Waals surface area contributed by atoms with Gasteiger partial charge < -0.3 is 10.6 Å². The van der Waals surface area contributed by atoms with Crippen molar-refractivity contribution in [3.8, 4) is 0 Å². The van der Waals surface area contributed by atoms with E-state index in [1.807, 2.05) is 19.1 Å². The SMILES string of the molecule is Cc1ccc(NC(=O)C2CC2)cc1NC(=O)c1nn(C)c(=O)c2ccccc12. The number of amides is 2. The van der Waals surface area contributed by atoms with Crippen LogP contribution in [0.2, 0.25) is 0 Å². The summed E-state index contributed by atoms with van der Waals surface area (Å²) in [6.45, 7) is 1.87. The lowest BCUT2D eigenvalue weighted by molar-refractivity contribution is -0.117. The molecule has 142 valence electrons. The molecule has 3 aromatic rings. The van der Waals surface area contributed by atoms with E-state index >= 15 is 0 Å². The number of anilines is 2. The zero-order valence-electron chi connectivity index (χ0n) is 15.7. The number of nitrogens with one attached hydrogen (secondary N) is 2. The lowest BCUT2D eigenvalue weighted by atomic mass is 10.1. The van der Waals surface area contributed by atoms with E-state index in [4.69, 9.17) is 0 Å². The van der Waals surface area contributed by atoms with Gasteiger partial charge in [-0.05, 0) is 43.5 Å². The number of nitrogens with zero attached hydrogens (tertiary/aromatic N) is 2. The van der Waals surface area contributed by atoms with Gasteiger partial charge in [-0.2, -0.15) is 5.10 Å². The third-order valence-electron chi connectivity index (χ3n) is 4.87. The zero-order valence-corrected chi connectivity index (χ0v) is 15.7. The van der Waals surface area contributed by atoms with E-state index in [1.165, 1.54) is 7.05 Å². The Hall–Kier alpha value is -3.48. The second-order valence-corrected chi connectivity index (χ2v) is 7.07. The first-order valence-corrected chi connectivity index (χ1v) is 9.13. The highest BCUT2D eigenvalue weighted by Crippen LogP contribution is 2.31. The molecule has 0 bridgehead atoms. The Kier molecular flexibility index (Phi) is 4.43. The van der Waals surface area contributed by atoms with Gasteiger partial charge in [0.2, 0.25) is 5.91 Å². The molecule has 1 aromatic heterocycles. The number of aryl methyl sites for hydroxylation is 2. The van der Waals surface area contributed by atoms with Gasteiger partial charge in [-0.1, -0.05) is 24.3 Å². The standard InChI is InChI=1S/C21H20N4O3/c1-12-7-10-14(22-19(26)13-8-9-13)11-17(12)23-20(27)18-15-5-3-4-6-16(15)21(28)25(2)24-18/h3-7,10-11,13H,8-9H2,1-2H3,(H,22,26)(H,23,27). The van der Waals surface area contributed by atoms with Crippen molar-refractivity contribution < 1.29 is 9.59 Å². The van der Waals surface area contributed by atoms with Crippen LogP contribution in [-0.4, -0.2) is 21.6 Å². The summed E-state index contributed by atoms with van der Waals surface area (Å²) in [6, 6.07) is 12.3. The van der Waals surface area contributed by atoms with Crippen LogP contribution in [0.3, 0.4) is 0 Å². The maximum atomic E-state index is 12.9. The Morgan fingerprint density at radius 2 is 1.79 bits per heavy atom. The molecule has 7 heteroatoms. The number of hydrogen-bond donors (Lipinski definition) is 2. The largest absolute Gasteiger partial charge is 0.326 e. The molecule has 4 rings (SSSR count). The molecule has 1 saturated carbocycles. The van der Waals surface area contributed by atoms with Crippen molar-refractivity contribution in [2.75, 3.05) is 10.6 Å². The van der Waals surface area contributed by atoms with Crippen LogP contribution in [0.1, 0.15) is 28.9 Å². The Labute approximate surface area is 161 Å². The summed E-state index contributed by atoms with van der Waals surface area (Å²) in [5.74, 6) is -0.312. The highest BCUT2D eigenvalue weighted by molar-refractivity contribution is 6.11. The van der Waals surface area contributed by atoms with Gasteiger partial charge >= 0.3 is 0 Å². The van der Waals surface area contributed by atoms with Crippen molar-refractivity contribution >= 4 is 34.0 Å². The van der Waals surface area contributed by atoms with Gasteiger partial charge in [0.1, 0.15) is 0 Å². The molecule has 28 heavy (non-hydrogen) atoms. The normalized spacial score (nSPS) is 13.4. The summed E-state index contributed by atoms with van der Waals surface area (Å²) < 4.78 is 1.16. The molecule has 1 aliphatic carbocycles. The number of benzene rings is 2. The highest BCUT2D eigenvalue weighted by Gasteiger charge is 2.29. The van der Waals surface area contributed by atoms with Gasteiger partial charge in [-0.25, -0.2) is 4.68 Å². The number of rotatable bonds is 4. The highest BCUT2D eigenvalue weighted by atomic mass is 16.2. The monoisotopic (exact) mass is 376 g/mol. The molecule has 2 aromatic carbocycles. The van der Waals surface area contributed by atoms with E-state index in [1.54, 1.807) is 30.3 Å². The van der Waals surface area contributed by atoms with E-state index in [9.17, 15) is 14.4 Å². The average Bonchev–Trinajstić information content (AvgIpc) is 3.52. The lowest BCUT2D eigenvalue weighted by Gasteiger charge is -2.13. The molecule has 0 aliphatic heterocycles. The molecule has 7 nitrogen and oxygen atoms in total.